The highest BCUT2D eigenvalue weighted by Gasteiger charge is 2.22. The monoisotopic (exact) mass is 677 g/mol. The first-order valence-corrected chi connectivity index (χ1v) is 16.8. The zero-order valence-electron chi connectivity index (χ0n) is 27.9. The van der Waals surface area contributed by atoms with Gasteiger partial charge in [-0.05, 0) is 111 Å². The minimum Gasteiger partial charge on any atom is -0.490 e. The van der Waals surface area contributed by atoms with Gasteiger partial charge in [-0.2, -0.15) is 0 Å². The highest BCUT2D eigenvalue weighted by atomic mass is 35.5. The van der Waals surface area contributed by atoms with E-state index in [1.54, 1.807) is 0 Å². The summed E-state index contributed by atoms with van der Waals surface area (Å²) in [7, 11) is 0. The molecule has 1 unspecified atom stereocenters. The molecule has 4 aromatic carbocycles. The molecule has 1 amide bonds. The Morgan fingerprint density at radius 3 is 2.21 bits per heavy atom. The number of carbonyl (C=O) groups excluding carboxylic acids is 1. The zero-order valence-corrected chi connectivity index (χ0v) is 29.4. The summed E-state index contributed by atoms with van der Waals surface area (Å²) in [6, 6.07) is 26.4. The van der Waals surface area contributed by atoms with Crippen LogP contribution in [0.15, 0.2) is 78.9 Å². The van der Waals surface area contributed by atoms with Gasteiger partial charge in [0.1, 0.15) is 24.6 Å². The molecule has 0 aliphatic rings. The number of para-hydroxylation sites is 1. The predicted molar refractivity (Wildman–Crippen MR) is 191 cm³/mol. The van der Waals surface area contributed by atoms with Gasteiger partial charge in [0.05, 0.1) is 10.0 Å². The topological polar surface area (TPSA) is 77.0 Å². The Bertz CT molecular complexity index is 1630. The lowest BCUT2D eigenvalue weighted by Crippen LogP contribution is -2.35. The van der Waals surface area contributed by atoms with Crippen molar-refractivity contribution in [2.45, 2.75) is 65.4 Å². The number of benzene rings is 4. The van der Waals surface area contributed by atoms with Crippen molar-refractivity contribution in [3.8, 4) is 22.6 Å². The Morgan fingerprint density at radius 1 is 0.872 bits per heavy atom. The molecule has 0 bridgehead atoms. The molecule has 1 atom stereocenters. The van der Waals surface area contributed by atoms with Crippen molar-refractivity contribution in [1.82, 2.24) is 5.32 Å². The standard InChI is InChI=1S/C39H45Cl2NO5/c1-26-21-34(40)37(35(41)22-26)46-20-19-45-36-15-9-7-12-30(36)24-31(25-42-38(44)47-39(3,4)5)32-17-16-29(23-27(32)2)33-14-8-6-11-28(33)13-10-18-43/h6-9,11-12,14-17,21-23,31,43H,10,13,18-20,24-25H2,1-5H3,(H,42,44). The molecule has 0 spiro atoms. The van der Waals surface area contributed by atoms with Gasteiger partial charge in [0.15, 0.2) is 5.75 Å². The third kappa shape index (κ3) is 10.6. The number of alkyl carbamates (subject to hydrolysis) is 1. The number of ether oxygens (including phenoxy) is 3. The summed E-state index contributed by atoms with van der Waals surface area (Å²) >= 11 is 12.7. The fourth-order valence-corrected chi connectivity index (χ4v) is 6.31. The van der Waals surface area contributed by atoms with Gasteiger partial charge in [-0.1, -0.05) is 83.9 Å². The van der Waals surface area contributed by atoms with Crippen molar-refractivity contribution in [2.75, 3.05) is 26.4 Å². The van der Waals surface area contributed by atoms with E-state index in [0.29, 0.717) is 41.8 Å². The normalized spacial score (nSPS) is 12.0. The molecule has 0 saturated heterocycles. The number of rotatable bonds is 14. The summed E-state index contributed by atoms with van der Waals surface area (Å²) in [5.41, 5.74) is 7.10. The number of carbonyl (C=O) groups is 1. The number of aliphatic hydroxyl groups excluding tert-OH is 1. The number of hydrogen-bond donors (Lipinski definition) is 2. The Kier molecular flexibility index (Phi) is 13.0. The lowest BCUT2D eigenvalue weighted by Gasteiger charge is -2.24. The number of aliphatic hydroxyl groups is 1. The summed E-state index contributed by atoms with van der Waals surface area (Å²) < 4.78 is 17.6. The lowest BCUT2D eigenvalue weighted by molar-refractivity contribution is 0.0524. The van der Waals surface area contributed by atoms with Gasteiger partial charge < -0.3 is 24.6 Å². The Labute approximate surface area is 289 Å². The van der Waals surface area contributed by atoms with E-state index in [1.165, 1.54) is 5.56 Å². The van der Waals surface area contributed by atoms with E-state index in [4.69, 9.17) is 37.4 Å². The van der Waals surface area contributed by atoms with Crippen LogP contribution in [-0.4, -0.2) is 43.2 Å². The molecular weight excluding hydrogens is 633 g/mol. The van der Waals surface area contributed by atoms with E-state index in [9.17, 15) is 9.90 Å². The minimum atomic E-state index is -0.601. The average molecular weight is 679 g/mol. The second-order valence-corrected chi connectivity index (χ2v) is 13.5. The molecule has 8 heteroatoms. The van der Waals surface area contributed by atoms with Gasteiger partial charge in [-0.3, -0.25) is 0 Å². The molecule has 2 N–H and O–H groups in total. The zero-order chi connectivity index (χ0) is 34.0. The fourth-order valence-electron chi connectivity index (χ4n) is 5.60. The van der Waals surface area contributed by atoms with E-state index in [-0.39, 0.29) is 19.1 Å². The second-order valence-electron chi connectivity index (χ2n) is 12.7. The van der Waals surface area contributed by atoms with Crippen LogP contribution in [-0.2, 0) is 17.6 Å². The molecule has 0 saturated carbocycles. The molecule has 0 aliphatic heterocycles. The molecule has 250 valence electrons. The summed E-state index contributed by atoms with van der Waals surface area (Å²) in [6.45, 7) is 10.7. The van der Waals surface area contributed by atoms with E-state index < -0.39 is 11.7 Å². The molecule has 0 radical (unpaired) electrons. The van der Waals surface area contributed by atoms with Crippen LogP contribution in [0.1, 0.15) is 60.9 Å². The minimum absolute atomic E-state index is 0.0626. The maximum Gasteiger partial charge on any atom is 0.407 e. The van der Waals surface area contributed by atoms with Crippen molar-refractivity contribution < 1.29 is 24.1 Å². The van der Waals surface area contributed by atoms with Crippen LogP contribution < -0.4 is 14.8 Å². The maximum atomic E-state index is 12.7. The Morgan fingerprint density at radius 2 is 1.53 bits per heavy atom. The average Bonchev–Trinajstić information content (AvgIpc) is 3.01. The number of aryl methyl sites for hydroxylation is 3. The SMILES string of the molecule is Cc1cc(Cl)c(OCCOc2ccccc2CC(CNC(=O)OC(C)(C)C)c2ccc(-c3ccccc3CCCO)cc2C)c(Cl)c1. The van der Waals surface area contributed by atoms with Gasteiger partial charge in [-0.15, -0.1) is 0 Å². The van der Waals surface area contributed by atoms with Gasteiger partial charge in [0.2, 0.25) is 0 Å². The van der Waals surface area contributed by atoms with E-state index in [1.807, 2.05) is 76.2 Å². The molecule has 0 aromatic heterocycles. The van der Waals surface area contributed by atoms with Crippen LogP contribution in [0.4, 0.5) is 4.79 Å². The number of halogens is 2. The van der Waals surface area contributed by atoms with Gasteiger partial charge in [-0.25, -0.2) is 4.79 Å². The molecule has 6 nitrogen and oxygen atoms in total. The highest BCUT2D eigenvalue weighted by Crippen LogP contribution is 2.35. The third-order valence-electron chi connectivity index (χ3n) is 7.70. The van der Waals surface area contributed by atoms with Crippen molar-refractivity contribution in [3.05, 3.63) is 117 Å². The molecule has 0 fully saturated rings. The molecule has 4 aromatic rings. The molecule has 47 heavy (non-hydrogen) atoms. The number of hydrogen-bond acceptors (Lipinski definition) is 5. The molecule has 0 aliphatic carbocycles. The van der Waals surface area contributed by atoms with Crippen molar-refractivity contribution >= 4 is 29.3 Å². The van der Waals surface area contributed by atoms with Crippen LogP contribution in [0.3, 0.4) is 0 Å². The maximum absolute atomic E-state index is 12.7. The largest absolute Gasteiger partial charge is 0.490 e. The number of amides is 1. The predicted octanol–water partition coefficient (Wildman–Crippen LogP) is 9.51. The first kappa shape index (κ1) is 36.1. The van der Waals surface area contributed by atoms with Crippen molar-refractivity contribution in [2.24, 2.45) is 0 Å². The van der Waals surface area contributed by atoms with Crippen LogP contribution in [0.5, 0.6) is 11.5 Å². The summed E-state index contributed by atoms with van der Waals surface area (Å²) in [5, 5.41) is 13.3. The van der Waals surface area contributed by atoms with Crippen molar-refractivity contribution in [3.63, 3.8) is 0 Å². The summed E-state index contributed by atoms with van der Waals surface area (Å²) in [6.07, 6.45) is 1.69. The lowest BCUT2D eigenvalue weighted by atomic mass is 9.86. The Balaban J connectivity index is 1.55. The third-order valence-corrected chi connectivity index (χ3v) is 8.26. The quantitative estimate of drug-likeness (QED) is 0.130. The summed E-state index contributed by atoms with van der Waals surface area (Å²) in [4.78, 5) is 12.7. The first-order valence-electron chi connectivity index (χ1n) is 16.0. The van der Waals surface area contributed by atoms with Crippen molar-refractivity contribution in [1.29, 1.82) is 0 Å². The van der Waals surface area contributed by atoms with Crippen LogP contribution in [0, 0.1) is 13.8 Å². The van der Waals surface area contributed by atoms with Gasteiger partial charge >= 0.3 is 6.09 Å². The van der Waals surface area contributed by atoms with Gasteiger partial charge in [0.25, 0.3) is 0 Å². The molecular formula is C39H45Cl2NO5. The first-order chi connectivity index (χ1) is 22.4. The van der Waals surface area contributed by atoms with Crippen LogP contribution in [0.2, 0.25) is 10.0 Å². The fraction of sp³-hybridized carbons (Fsp3) is 0.359. The summed E-state index contributed by atoms with van der Waals surface area (Å²) in [5.74, 6) is 1.12. The second kappa shape index (κ2) is 16.9. The van der Waals surface area contributed by atoms with Crippen LogP contribution in [0.25, 0.3) is 11.1 Å². The van der Waals surface area contributed by atoms with E-state index in [0.717, 1.165) is 45.6 Å². The highest BCUT2D eigenvalue weighted by molar-refractivity contribution is 6.37. The van der Waals surface area contributed by atoms with Gasteiger partial charge in [0, 0.05) is 19.1 Å². The van der Waals surface area contributed by atoms with E-state index in [2.05, 4.69) is 42.6 Å². The molecule has 4 rings (SSSR count). The van der Waals surface area contributed by atoms with E-state index >= 15 is 0 Å². The smallest absolute Gasteiger partial charge is 0.407 e. The molecule has 0 heterocycles. The number of nitrogens with one attached hydrogen (secondary N) is 1. The Hall–Kier alpha value is -3.71. The van der Waals surface area contributed by atoms with Crippen LogP contribution >= 0.6 is 23.2 Å².